The van der Waals surface area contributed by atoms with Crippen molar-refractivity contribution in [1.29, 1.82) is 0 Å². The van der Waals surface area contributed by atoms with Crippen molar-refractivity contribution in [1.82, 2.24) is 15.0 Å². The second-order valence-electron chi connectivity index (χ2n) is 3.32. The van der Waals surface area contributed by atoms with Crippen LogP contribution in [0.15, 0.2) is 12.4 Å². The van der Waals surface area contributed by atoms with Crippen LogP contribution in [0.4, 0.5) is 0 Å². The number of aromatic nitrogens is 3. The van der Waals surface area contributed by atoms with Gasteiger partial charge in [0.05, 0.1) is 11.1 Å². The lowest BCUT2D eigenvalue weighted by Gasteiger charge is -2.32. The Morgan fingerprint density at radius 1 is 1.40 bits per heavy atom. The maximum atomic E-state index is 5.91. The molecular weight excluding hydrogens is 218 g/mol. The van der Waals surface area contributed by atoms with Gasteiger partial charge in [0.15, 0.2) is 6.29 Å². The molecule has 1 aliphatic heterocycles. The van der Waals surface area contributed by atoms with E-state index in [1.807, 2.05) is 13.0 Å². The fourth-order valence-electron chi connectivity index (χ4n) is 1.56. The highest BCUT2D eigenvalue weighted by atomic mass is 35.5. The van der Waals surface area contributed by atoms with Crippen molar-refractivity contribution in [2.24, 2.45) is 0 Å². The number of hydrogen-bond donors (Lipinski definition) is 1. The number of halogens is 1. The Kier molecular flexibility index (Phi) is 1.92. The molecule has 5 nitrogen and oxygen atoms in total. The average Bonchev–Trinajstić information content (AvgIpc) is 2.58. The molecule has 0 atom stereocenters. The van der Waals surface area contributed by atoms with Gasteiger partial charge in [-0.3, -0.25) is 0 Å². The summed E-state index contributed by atoms with van der Waals surface area (Å²) in [6.45, 7) is 1.84. The Hall–Kier alpha value is -1.17. The molecule has 6 heteroatoms. The average molecular weight is 226 g/mol. The SMILES string of the molecule is CC1OC(c2cc3c(Cl)ncnc3[nH]2)O1. The van der Waals surface area contributed by atoms with Crippen LogP contribution >= 0.6 is 11.6 Å². The zero-order valence-electron chi connectivity index (χ0n) is 7.90. The zero-order valence-corrected chi connectivity index (χ0v) is 8.65. The van der Waals surface area contributed by atoms with E-state index in [1.54, 1.807) is 0 Å². The lowest BCUT2D eigenvalue weighted by molar-refractivity contribution is -0.383. The van der Waals surface area contributed by atoms with Crippen LogP contribution in [-0.4, -0.2) is 21.2 Å². The number of nitrogens with zero attached hydrogens (tertiary/aromatic N) is 2. The summed E-state index contributed by atoms with van der Waals surface area (Å²) in [6.07, 6.45) is 0.920. The van der Waals surface area contributed by atoms with Gasteiger partial charge in [-0.25, -0.2) is 9.97 Å². The topological polar surface area (TPSA) is 60.0 Å². The maximum Gasteiger partial charge on any atom is 0.204 e. The largest absolute Gasteiger partial charge is 0.339 e. The van der Waals surface area contributed by atoms with Crippen LogP contribution in [0.2, 0.25) is 5.15 Å². The van der Waals surface area contributed by atoms with Crippen LogP contribution in [-0.2, 0) is 9.47 Å². The zero-order chi connectivity index (χ0) is 10.4. The minimum absolute atomic E-state index is 0.150. The van der Waals surface area contributed by atoms with Crippen molar-refractivity contribution in [2.75, 3.05) is 0 Å². The molecule has 1 N–H and O–H groups in total. The van der Waals surface area contributed by atoms with Gasteiger partial charge >= 0.3 is 0 Å². The molecule has 1 saturated heterocycles. The molecule has 0 aromatic carbocycles. The number of nitrogens with one attached hydrogen (secondary N) is 1. The molecule has 0 aliphatic carbocycles. The fraction of sp³-hybridized carbons (Fsp3) is 0.333. The van der Waals surface area contributed by atoms with Crippen LogP contribution in [0.25, 0.3) is 11.0 Å². The highest BCUT2D eigenvalue weighted by molar-refractivity contribution is 6.33. The van der Waals surface area contributed by atoms with E-state index in [-0.39, 0.29) is 12.6 Å². The van der Waals surface area contributed by atoms with Crippen molar-refractivity contribution >= 4 is 22.6 Å². The minimum Gasteiger partial charge on any atom is -0.339 e. The van der Waals surface area contributed by atoms with Crippen molar-refractivity contribution in [3.05, 3.63) is 23.2 Å². The number of hydrogen-bond acceptors (Lipinski definition) is 4. The predicted octanol–water partition coefficient (Wildman–Crippen LogP) is 2.00. The van der Waals surface area contributed by atoms with E-state index in [9.17, 15) is 0 Å². The van der Waals surface area contributed by atoms with Gasteiger partial charge in [0.1, 0.15) is 17.1 Å². The molecule has 0 bridgehead atoms. The highest BCUT2D eigenvalue weighted by Crippen LogP contribution is 2.33. The minimum atomic E-state index is -0.342. The van der Waals surface area contributed by atoms with Gasteiger partial charge in [0.2, 0.25) is 6.29 Å². The molecule has 0 saturated carbocycles. The van der Waals surface area contributed by atoms with Gasteiger partial charge in [-0.2, -0.15) is 0 Å². The molecule has 0 amide bonds. The van der Waals surface area contributed by atoms with Gasteiger partial charge in [-0.1, -0.05) is 11.6 Å². The number of H-pyrrole nitrogens is 1. The number of fused-ring (bicyclic) bond motifs is 1. The van der Waals surface area contributed by atoms with E-state index in [0.717, 1.165) is 11.1 Å². The molecule has 0 spiro atoms. The molecule has 15 heavy (non-hydrogen) atoms. The number of rotatable bonds is 1. The molecule has 0 radical (unpaired) electrons. The normalized spacial score (nSPS) is 25.5. The number of ether oxygens (including phenoxy) is 2. The number of aromatic amines is 1. The van der Waals surface area contributed by atoms with Crippen LogP contribution in [0.1, 0.15) is 18.9 Å². The van der Waals surface area contributed by atoms with Gasteiger partial charge in [-0.15, -0.1) is 0 Å². The third-order valence-corrected chi connectivity index (χ3v) is 2.58. The summed E-state index contributed by atoms with van der Waals surface area (Å²) in [6, 6.07) is 1.84. The lowest BCUT2D eigenvalue weighted by Crippen LogP contribution is -2.31. The Labute approximate surface area is 90.4 Å². The Bertz CT molecular complexity index is 507. The lowest BCUT2D eigenvalue weighted by atomic mass is 10.3. The first kappa shape index (κ1) is 9.08. The van der Waals surface area contributed by atoms with Crippen molar-refractivity contribution in [3.8, 4) is 0 Å². The van der Waals surface area contributed by atoms with Gasteiger partial charge in [-0.05, 0) is 13.0 Å². The first-order valence-electron chi connectivity index (χ1n) is 4.54. The van der Waals surface area contributed by atoms with Crippen molar-refractivity contribution in [2.45, 2.75) is 19.5 Å². The van der Waals surface area contributed by atoms with E-state index >= 15 is 0 Å². The van der Waals surface area contributed by atoms with Gasteiger partial charge in [0, 0.05) is 0 Å². The molecular formula is C9H8ClN3O2. The summed E-state index contributed by atoms with van der Waals surface area (Å²) in [5.41, 5.74) is 1.50. The molecule has 3 heterocycles. The maximum absolute atomic E-state index is 5.91. The van der Waals surface area contributed by atoms with Crippen LogP contribution in [0.5, 0.6) is 0 Å². The highest BCUT2D eigenvalue weighted by Gasteiger charge is 2.30. The molecule has 3 rings (SSSR count). The fourth-order valence-corrected chi connectivity index (χ4v) is 1.75. The van der Waals surface area contributed by atoms with E-state index in [1.165, 1.54) is 6.33 Å². The summed E-state index contributed by atoms with van der Waals surface area (Å²) < 4.78 is 10.7. The first-order valence-corrected chi connectivity index (χ1v) is 4.92. The van der Waals surface area contributed by atoms with Crippen LogP contribution in [0, 0.1) is 0 Å². The van der Waals surface area contributed by atoms with Gasteiger partial charge < -0.3 is 14.5 Å². The summed E-state index contributed by atoms with van der Waals surface area (Å²) in [5.74, 6) is 0. The van der Waals surface area contributed by atoms with Gasteiger partial charge in [0.25, 0.3) is 0 Å². The second kappa shape index (κ2) is 3.16. The van der Waals surface area contributed by atoms with E-state index < -0.39 is 0 Å². The standard InChI is InChI=1S/C9H8ClN3O2/c1-4-14-9(15-4)6-2-5-7(10)11-3-12-8(5)13-6/h2-4,9H,1H3,(H,11,12,13). The Morgan fingerprint density at radius 2 is 2.20 bits per heavy atom. The van der Waals surface area contributed by atoms with Crippen LogP contribution < -0.4 is 0 Å². The molecule has 78 valence electrons. The third kappa shape index (κ3) is 1.40. The predicted molar refractivity (Wildman–Crippen MR) is 53.3 cm³/mol. The van der Waals surface area contributed by atoms with E-state index in [2.05, 4.69) is 15.0 Å². The Balaban J connectivity index is 2.03. The van der Waals surface area contributed by atoms with Crippen molar-refractivity contribution in [3.63, 3.8) is 0 Å². The van der Waals surface area contributed by atoms with Crippen molar-refractivity contribution < 1.29 is 9.47 Å². The molecule has 1 aliphatic rings. The molecule has 2 aromatic heterocycles. The van der Waals surface area contributed by atoms with E-state index in [0.29, 0.717) is 10.8 Å². The second-order valence-corrected chi connectivity index (χ2v) is 3.68. The monoisotopic (exact) mass is 225 g/mol. The smallest absolute Gasteiger partial charge is 0.204 e. The summed E-state index contributed by atoms with van der Waals surface area (Å²) in [4.78, 5) is 11.0. The summed E-state index contributed by atoms with van der Waals surface area (Å²) in [5, 5.41) is 1.20. The first-order chi connectivity index (χ1) is 7.24. The molecule has 1 fully saturated rings. The van der Waals surface area contributed by atoms with Crippen LogP contribution in [0.3, 0.4) is 0 Å². The Morgan fingerprint density at radius 3 is 2.87 bits per heavy atom. The molecule has 0 unspecified atom stereocenters. The molecule has 2 aromatic rings. The summed E-state index contributed by atoms with van der Waals surface area (Å²) >= 11 is 5.91. The van der Waals surface area contributed by atoms with E-state index in [4.69, 9.17) is 21.1 Å². The quantitative estimate of drug-likeness (QED) is 0.755. The third-order valence-electron chi connectivity index (χ3n) is 2.28. The summed E-state index contributed by atoms with van der Waals surface area (Å²) in [7, 11) is 0.